The van der Waals surface area contributed by atoms with E-state index in [2.05, 4.69) is 104 Å². The van der Waals surface area contributed by atoms with E-state index in [1.165, 1.54) is 98.0 Å². The number of rotatable bonds is 4. The Balaban J connectivity index is -0.000000452. The zero-order valence-electron chi connectivity index (χ0n) is 26.6. The van der Waals surface area contributed by atoms with Crippen molar-refractivity contribution in [2.24, 2.45) is 0 Å². The molecule has 0 atom stereocenters. The van der Waals surface area contributed by atoms with Gasteiger partial charge >= 0.3 is 26.2 Å². The Labute approximate surface area is 262 Å². The molecule has 0 nitrogen and oxygen atoms in total. The first-order chi connectivity index (χ1) is 15.7. The Morgan fingerprint density at radius 1 is 0.405 bits per heavy atom. The molecule has 0 N–H and O–H groups in total. The molecule has 0 fully saturated rings. The summed E-state index contributed by atoms with van der Waals surface area (Å²) >= 11 is 0. The number of hydrogen-bond donors (Lipinski definition) is 0. The summed E-state index contributed by atoms with van der Waals surface area (Å²) in [6, 6.07) is 0. The molecule has 3 rings (SSSR count). The van der Waals surface area contributed by atoms with Gasteiger partial charge in [-0.1, -0.05) is 130 Å². The van der Waals surface area contributed by atoms with Gasteiger partial charge in [0.2, 0.25) is 0 Å². The molecule has 0 unspecified atom stereocenters. The molecular formula is C34H53Cl2Zr-3. The molecule has 0 saturated heterocycles. The summed E-state index contributed by atoms with van der Waals surface area (Å²) in [7, 11) is 0. The van der Waals surface area contributed by atoms with Crippen LogP contribution in [-0.4, -0.2) is 0 Å². The number of hydrogen-bond acceptors (Lipinski definition) is 0. The Hall–Kier alpha value is -0.487. The molecule has 0 saturated carbocycles. The maximum absolute atomic E-state index is 2.25. The zero-order chi connectivity index (χ0) is 26.5. The molecule has 0 bridgehead atoms. The molecule has 3 heteroatoms. The fraction of sp³-hybridized carbons (Fsp3) is 0.559. The predicted octanol–water partition coefficient (Wildman–Crippen LogP) is 4.14. The fourth-order valence-corrected chi connectivity index (χ4v) is 5.25. The van der Waals surface area contributed by atoms with Crippen molar-refractivity contribution in [1.82, 2.24) is 0 Å². The first-order valence-corrected chi connectivity index (χ1v) is 13.4. The van der Waals surface area contributed by atoms with Crippen molar-refractivity contribution in [2.45, 2.75) is 130 Å². The Morgan fingerprint density at radius 3 is 0.730 bits per heavy atom. The van der Waals surface area contributed by atoms with Gasteiger partial charge in [-0.3, -0.25) is 0 Å². The van der Waals surface area contributed by atoms with Crippen molar-refractivity contribution in [3.05, 3.63) is 83.5 Å². The van der Waals surface area contributed by atoms with Crippen LogP contribution in [0.5, 0.6) is 0 Å². The SMILES string of the molecule is CCC[c-]1c(C)c(C)c(C)c1C.CCC[c-]1c(C)c(C)c(C)c1C.Cc1c(C)c(C)[c-](C)c1C.[Cl-].[Cl-].[Zr+2]. The van der Waals surface area contributed by atoms with Crippen molar-refractivity contribution in [3.63, 3.8) is 0 Å². The van der Waals surface area contributed by atoms with Crippen LogP contribution in [-0.2, 0) is 39.0 Å². The van der Waals surface area contributed by atoms with E-state index in [4.69, 9.17) is 0 Å². The van der Waals surface area contributed by atoms with Gasteiger partial charge in [0.05, 0.1) is 0 Å². The molecular weight excluding hydrogens is 571 g/mol. The van der Waals surface area contributed by atoms with Crippen LogP contribution in [0.4, 0.5) is 0 Å². The summed E-state index contributed by atoms with van der Waals surface area (Å²) in [4.78, 5) is 0. The van der Waals surface area contributed by atoms with E-state index in [9.17, 15) is 0 Å². The molecule has 0 amide bonds. The third kappa shape index (κ3) is 9.29. The fourth-order valence-electron chi connectivity index (χ4n) is 5.25. The first kappa shape index (κ1) is 41.0. The van der Waals surface area contributed by atoms with Crippen LogP contribution in [0.2, 0.25) is 0 Å². The minimum absolute atomic E-state index is 0. The third-order valence-corrected chi connectivity index (χ3v) is 9.00. The van der Waals surface area contributed by atoms with Crippen LogP contribution in [0.3, 0.4) is 0 Å². The third-order valence-electron chi connectivity index (χ3n) is 9.00. The summed E-state index contributed by atoms with van der Waals surface area (Å²) in [6.07, 6.45) is 4.99. The van der Waals surface area contributed by atoms with Gasteiger partial charge in [-0.25, -0.2) is 0 Å². The van der Waals surface area contributed by atoms with E-state index in [0.29, 0.717) is 0 Å². The molecule has 210 valence electrons. The topological polar surface area (TPSA) is 0 Å². The summed E-state index contributed by atoms with van der Waals surface area (Å²) < 4.78 is 0. The molecule has 0 spiro atoms. The molecule has 3 aromatic rings. The Kier molecular flexibility index (Phi) is 19.9. The Morgan fingerprint density at radius 2 is 0.595 bits per heavy atom. The maximum atomic E-state index is 2.25. The van der Waals surface area contributed by atoms with Crippen LogP contribution in [0, 0.1) is 90.0 Å². The number of halogens is 2. The van der Waals surface area contributed by atoms with Crippen LogP contribution < -0.4 is 24.8 Å². The molecule has 0 aliphatic carbocycles. The normalized spacial score (nSPS) is 9.81. The van der Waals surface area contributed by atoms with Crippen LogP contribution in [0.25, 0.3) is 0 Å². The summed E-state index contributed by atoms with van der Waals surface area (Å²) in [5.41, 5.74) is 22.6. The second kappa shape index (κ2) is 18.0. The van der Waals surface area contributed by atoms with E-state index < -0.39 is 0 Å². The van der Waals surface area contributed by atoms with Gasteiger partial charge < -0.3 is 24.8 Å². The van der Waals surface area contributed by atoms with Gasteiger partial charge in [-0.15, -0.1) is 0 Å². The van der Waals surface area contributed by atoms with Crippen molar-refractivity contribution < 1.29 is 51.0 Å². The molecule has 0 aliphatic heterocycles. The summed E-state index contributed by atoms with van der Waals surface area (Å²) in [6.45, 7) is 33.4. The van der Waals surface area contributed by atoms with E-state index in [-0.39, 0.29) is 51.0 Å². The smallest absolute Gasteiger partial charge is 1.00 e. The van der Waals surface area contributed by atoms with Gasteiger partial charge in [0.25, 0.3) is 0 Å². The molecule has 0 heterocycles. The van der Waals surface area contributed by atoms with Gasteiger partial charge in [-0.05, 0) is 0 Å². The summed E-state index contributed by atoms with van der Waals surface area (Å²) in [5, 5.41) is 0. The van der Waals surface area contributed by atoms with Crippen LogP contribution >= 0.6 is 0 Å². The quantitative estimate of drug-likeness (QED) is 0.384. The van der Waals surface area contributed by atoms with E-state index >= 15 is 0 Å². The monoisotopic (exact) mass is 621 g/mol. The molecule has 0 aliphatic rings. The molecule has 0 aromatic heterocycles. The van der Waals surface area contributed by atoms with Crippen LogP contribution in [0.15, 0.2) is 0 Å². The van der Waals surface area contributed by atoms with Crippen molar-refractivity contribution >= 4 is 0 Å². The average Bonchev–Trinajstić information content (AvgIpc) is 3.20. The Bertz CT molecular complexity index is 911. The van der Waals surface area contributed by atoms with Gasteiger partial charge in [0.1, 0.15) is 0 Å². The molecule has 37 heavy (non-hydrogen) atoms. The van der Waals surface area contributed by atoms with Crippen molar-refractivity contribution in [3.8, 4) is 0 Å². The molecule has 0 radical (unpaired) electrons. The second-order valence-electron chi connectivity index (χ2n) is 10.6. The predicted molar refractivity (Wildman–Crippen MR) is 156 cm³/mol. The van der Waals surface area contributed by atoms with Gasteiger partial charge in [0.15, 0.2) is 0 Å². The largest absolute Gasteiger partial charge is 2.00 e. The average molecular weight is 624 g/mol. The minimum atomic E-state index is 0. The molecule has 3 aromatic carbocycles. The van der Waals surface area contributed by atoms with E-state index in [0.717, 1.165) is 0 Å². The van der Waals surface area contributed by atoms with Gasteiger partial charge in [0, 0.05) is 0 Å². The first-order valence-electron chi connectivity index (χ1n) is 13.4. The van der Waals surface area contributed by atoms with Gasteiger partial charge in [-0.2, -0.15) is 83.5 Å². The zero-order valence-corrected chi connectivity index (χ0v) is 30.6. The summed E-state index contributed by atoms with van der Waals surface area (Å²) in [5.74, 6) is 0. The second-order valence-corrected chi connectivity index (χ2v) is 10.6. The maximum Gasteiger partial charge on any atom is 2.00 e. The standard InChI is InChI=1S/2C12H19.C10H15.2ClH.Zr/c2*1-6-7-12-10(4)8(2)9(3)11(12)5;1-6-7(2)9(4)10(5)8(6)3;;;/h2*6-7H2,1-5H3;1-5H3;2*1H;/q3*-1;;;+2/p-2. The van der Waals surface area contributed by atoms with Crippen molar-refractivity contribution in [2.75, 3.05) is 0 Å². The van der Waals surface area contributed by atoms with E-state index in [1.807, 2.05) is 0 Å². The van der Waals surface area contributed by atoms with Crippen molar-refractivity contribution in [1.29, 1.82) is 0 Å². The van der Waals surface area contributed by atoms with Crippen LogP contribution in [0.1, 0.15) is 110 Å². The van der Waals surface area contributed by atoms with E-state index in [1.54, 1.807) is 11.1 Å². The minimum Gasteiger partial charge on any atom is -1.00 e.